The third kappa shape index (κ3) is 3.61. The van der Waals surface area contributed by atoms with Crippen molar-refractivity contribution in [1.82, 2.24) is 0 Å². The molecule has 2 aromatic rings. The first kappa shape index (κ1) is 17.7. The molecule has 0 spiro atoms. The molecule has 1 saturated heterocycles. The lowest BCUT2D eigenvalue weighted by atomic mass is 10.2. The van der Waals surface area contributed by atoms with Gasteiger partial charge < -0.3 is 9.80 Å². The van der Waals surface area contributed by atoms with Crippen molar-refractivity contribution in [3.05, 3.63) is 54.1 Å². The molecule has 1 aliphatic rings. The Kier molecular flexibility index (Phi) is 4.94. The fraction of sp³-hybridized carbons (Fsp3) is 0.333. The Labute approximate surface area is 146 Å². The summed E-state index contributed by atoms with van der Waals surface area (Å²) in [4.78, 5) is 3.78. The molecule has 4 nitrogen and oxygen atoms in total. The fourth-order valence-corrected chi connectivity index (χ4v) is 4.03. The van der Waals surface area contributed by atoms with E-state index in [2.05, 4.69) is 11.0 Å². The van der Waals surface area contributed by atoms with E-state index in [1.54, 1.807) is 12.1 Å². The van der Waals surface area contributed by atoms with Crippen LogP contribution in [0.15, 0.2) is 53.4 Å². The van der Waals surface area contributed by atoms with Crippen LogP contribution in [-0.2, 0) is 9.84 Å². The first-order valence-electron chi connectivity index (χ1n) is 8.07. The van der Waals surface area contributed by atoms with Crippen molar-refractivity contribution in [2.24, 2.45) is 0 Å². The number of anilines is 2. The Morgan fingerprint density at radius 3 is 2.20 bits per heavy atom. The van der Waals surface area contributed by atoms with Crippen molar-refractivity contribution in [1.29, 1.82) is 0 Å². The number of benzene rings is 2. The number of aryl methyl sites for hydroxylation is 1. The summed E-state index contributed by atoms with van der Waals surface area (Å²) in [6.45, 7) is 4.58. The van der Waals surface area contributed by atoms with E-state index < -0.39 is 15.6 Å². The van der Waals surface area contributed by atoms with Gasteiger partial charge in [-0.2, -0.15) is 8.78 Å². The normalized spacial score (nSPS) is 15.7. The topological polar surface area (TPSA) is 40.6 Å². The van der Waals surface area contributed by atoms with E-state index in [9.17, 15) is 17.2 Å². The Balaban J connectivity index is 1.80. The smallest absolute Gasteiger partial charge is 0.341 e. The van der Waals surface area contributed by atoms with Gasteiger partial charge in [0.05, 0.1) is 10.6 Å². The molecule has 2 aromatic carbocycles. The van der Waals surface area contributed by atoms with Gasteiger partial charge in [-0.25, -0.2) is 8.42 Å². The summed E-state index contributed by atoms with van der Waals surface area (Å²) in [5.74, 6) is -3.41. The van der Waals surface area contributed by atoms with Crippen molar-refractivity contribution in [3.63, 3.8) is 0 Å². The summed E-state index contributed by atoms with van der Waals surface area (Å²) >= 11 is 0. The van der Waals surface area contributed by atoms with Gasteiger partial charge in [-0.1, -0.05) is 24.3 Å². The highest BCUT2D eigenvalue weighted by atomic mass is 32.2. The minimum absolute atomic E-state index is 0.297. The SMILES string of the molecule is Cc1cccc(N2CCN(c3ccccc3S(=O)(=O)C(F)F)CC2)c1. The highest BCUT2D eigenvalue weighted by Gasteiger charge is 2.31. The van der Waals surface area contributed by atoms with Gasteiger partial charge >= 0.3 is 5.76 Å². The van der Waals surface area contributed by atoms with Crippen LogP contribution in [0.5, 0.6) is 0 Å². The molecule has 0 unspecified atom stereocenters. The number of rotatable bonds is 4. The number of halogens is 2. The number of alkyl halides is 2. The van der Waals surface area contributed by atoms with E-state index in [1.165, 1.54) is 17.7 Å². The van der Waals surface area contributed by atoms with Crippen molar-refractivity contribution in [3.8, 4) is 0 Å². The van der Waals surface area contributed by atoms with E-state index in [1.807, 2.05) is 30.0 Å². The molecule has 1 aliphatic heterocycles. The van der Waals surface area contributed by atoms with Crippen molar-refractivity contribution in [2.75, 3.05) is 36.0 Å². The van der Waals surface area contributed by atoms with Gasteiger partial charge in [0.1, 0.15) is 0 Å². The minimum atomic E-state index is -4.62. The summed E-state index contributed by atoms with van der Waals surface area (Å²) in [5.41, 5.74) is 2.65. The molecule has 0 saturated carbocycles. The van der Waals surface area contributed by atoms with Gasteiger partial charge in [0.2, 0.25) is 9.84 Å². The van der Waals surface area contributed by atoms with E-state index in [0.29, 0.717) is 31.9 Å². The van der Waals surface area contributed by atoms with Gasteiger partial charge in [0.25, 0.3) is 0 Å². The maximum Gasteiger partial charge on any atom is 0.341 e. The largest absolute Gasteiger partial charge is 0.368 e. The number of para-hydroxylation sites is 1. The van der Waals surface area contributed by atoms with E-state index >= 15 is 0 Å². The molecule has 25 heavy (non-hydrogen) atoms. The fourth-order valence-electron chi connectivity index (χ4n) is 3.09. The molecule has 3 rings (SSSR count). The zero-order valence-electron chi connectivity index (χ0n) is 13.9. The van der Waals surface area contributed by atoms with Crippen LogP contribution in [0.2, 0.25) is 0 Å². The molecule has 0 atom stereocenters. The lowest BCUT2D eigenvalue weighted by molar-refractivity contribution is 0.235. The van der Waals surface area contributed by atoms with Gasteiger partial charge in [-0.05, 0) is 36.8 Å². The zero-order valence-corrected chi connectivity index (χ0v) is 14.7. The van der Waals surface area contributed by atoms with Gasteiger partial charge in [0.15, 0.2) is 0 Å². The molecule has 1 heterocycles. The van der Waals surface area contributed by atoms with E-state index in [0.717, 1.165) is 5.69 Å². The molecule has 0 aromatic heterocycles. The van der Waals surface area contributed by atoms with Crippen molar-refractivity contribution >= 4 is 21.2 Å². The van der Waals surface area contributed by atoms with E-state index in [-0.39, 0.29) is 4.90 Å². The number of hydrogen-bond acceptors (Lipinski definition) is 4. The monoisotopic (exact) mass is 366 g/mol. The van der Waals surface area contributed by atoms with Crippen LogP contribution in [0.4, 0.5) is 20.2 Å². The summed E-state index contributed by atoms with van der Waals surface area (Å²) in [6.07, 6.45) is 0. The summed E-state index contributed by atoms with van der Waals surface area (Å²) < 4.78 is 49.8. The van der Waals surface area contributed by atoms with Crippen LogP contribution in [0.1, 0.15) is 5.56 Å². The van der Waals surface area contributed by atoms with Crippen LogP contribution in [0.25, 0.3) is 0 Å². The van der Waals surface area contributed by atoms with Crippen LogP contribution in [-0.4, -0.2) is 40.4 Å². The van der Waals surface area contributed by atoms with Gasteiger partial charge in [0, 0.05) is 31.9 Å². The molecule has 134 valence electrons. The molecule has 0 N–H and O–H groups in total. The maximum atomic E-state index is 13.0. The average Bonchev–Trinajstić information content (AvgIpc) is 2.62. The summed E-state index contributed by atoms with van der Waals surface area (Å²) in [6, 6.07) is 14.2. The Morgan fingerprint density at radius 2 is 1.56 bits per heavy atom. The molecule has 1 fully saturated rings. The average molecular weight is 366 g/mol. The first-order chi connectivity index (χ1) is 11.9. The minimum Gasteiger partial charge on any atom is -0.368 e. The molecular formula is C18H20F2N2O2S. The highest BCUT2D eigenvalue weighted by Crippen LogP contribution is 2.30. The predicted octanol–water partition coefficient (Wildman–Crippen LogP) is 3.32. The molecule has 0 amide bonds. The Hall–Kier alpha value is -2.15. The Bertz CT molecular complexity index is 848. The van der Waals surface area contributed by atoms with Crippen LogP contribution in [0.3, 0.4) is 0 Å². The van der Waals surface area contributed by atoms with E-state index in [4.69, 9.17) is 0 Å². The third-order valence-corrected chi connectivity index (χ3v) is 5.82. The number of piperazine rings is 1. The molecule has 0 radical (unpaired) electrons. The first-order valence-corrected chi connectivity index (χ1v) is 9.62. The van der Waals surface area contributed by atoms with Gasteiger partial charge in [-0.3, -0.25) is 0 Å². The second kappa shape index (κ2) is 7.00. The van der Waals surface area contributed by atoms with Crippen molar-refractivity contribution < 1.29 is 17.2 Å². The number of sulfone groups is 1. The molecular weight excluding hydrogens is 346 g/mol. The lowest BCUT2D eigenvalue weighted by Crippen LogP contribution is -2.47. The van der Waals surface area contributed by atoms with Gasteiger partial charge in [-0.15, -0.1) is 0 Å². The summed E-state index contributed by atoms with van der Waals surface area (Å²) in [7, 11) is -4.62. The second-order valence-corrected chi connectivity index (χ2v) is 7.97. The quantitative estimate of drug-likeness (QED) is 0.832. The van der Waals surface area contributed by atoms with Crippen LogP contribution >= 0.6 is 0 Å². The van der Waals surface area contributed by atoms with Crippen molar-refractivity contribution in [2.45, 2.75) is 17.6 Å². The lowest BCUT2D eigenvalue weighted by Gasteiger charge is -2.38. The van der Waals surface area contributed by atoms with Crippen LogP contribution in [0, 0.1) is 6.92 Å². The maximum absolute atomic E-state index is 13.0. The third-order valence-electron chi connectivity index (χ3n) is 4.39. The Morgan fingerprint density at radius 1 is 0.920 bits per heavy atom. The zero-order chi connectivity index (χ0) is 18.0. The highest BCUT2D eigenvalue weighted by molar-refractivity contribution is 7.91. The number of hydrogen-bond donors (Lipinski definition) is 0. The second-order valence-electron chi connectivity index (χ2n) is 6.09. The predicted molar refractivity (Wildman–Crippen MR) is 95.2 cm³/mol. The van der Waals surface area contributed by atoms with Crippen LogP contribution < -0.4 is 9.80 Å². The standard InChI is InChI=1S/C18H20F2N2O2S/c1-14-5-4-6-15(13-14)21-9-11-22(12-10-21)16-7-2-3-8-17(16)25(23,24)18(19)20/h2-8,13,18H,9-12H2,1H3. The summed E-state index contributed by atoms with van der Waals surface area (Å²) in [5, 5.41) is 0. The number of nitrogens with zero attached hydrogens (tertiary/aromatic N) is 2. The molecule has 7 heteroatoms. The molecule has 0 aliphatic carbocycles. The molecule has 0 bridgehead atoms.